The standard InChI is InChI=1S/C12H16F2O/c1-7(2)12(4,15)9-6-5-8(3)10(13)11(9)14/h5-7,15H,1-4H3. The van der Waals surface area contributed by atoms with Gasteiger partial charge in [-0.15, -0.1) is 0 Å². The third-order valence-electron chi connectivity index (χ3n) is 2.94. The number of hydrogen-bond donors (Lipinski definition) is 1. The van der Waals surface area contributed by atoms with Crippen LogP contribution in [0.1, 0.15) is 31.9 Å². The summed E-state index contributed by atoms with van der Waals surface area (Å²) in [6.07, 6.45) is 0. The second-order valence-corrected chi connectivity index (χ2v) is 4.36. The highest BCUT2D eigenvalue weighted by Crippen LogP contribution is 2.32. The molecule has 0 fully saturated rings. The number of rotatable bonds is 2. The van der Waals surface area contributed by atoms with Crippen LogP contribution in [0.2, 0.25) is 0 Å². The van der Waals surface area contributed by atoms with E-state index in [4.69, 9.17) is 0 Å². The summed E-state index contributed by atoms with van der Waals surface area (Å²) in [5.74, 6) is -2.02. The molecular formula is C12H16F2O. The first-order valence-electron chi connectivity index (χ1n) is 4.96. The third kappa shape index (κ3) is 2.02. The maximum absolute atomic E-state index is 13.6. The Bertz CT molecular complexity index is 370. The van der Waals surface area contributed by atoms with Gasteiger partial charge >= 0.3 is 0 Å². The first-order valence-corrected chi connectivity index (χ1v) is 4.96. The molecule has 1 atom stereocenters. The molecule has 0 bridgehead atoms. The lowest BCUT2D eigenvalue weighted by molar-refractivity contribution is 0.00514. The van der Waals surface area contributed by atoms with Gasteiger partial charge in [0, 0.05) is 5.56 Å². The number of hydrogen-bond acceptors (Lipinski definition) is 1. The van der Waals surface area contributed by atoms with Crippen LogP contribution < -0.4 is 0 Å². The van der Waals surface area contributed by atoms with Crippen LogP contribution in [0.3, 0.4) is 0 Å². The molecule has 0 aliphatic heterocycles. The average Bonchev–Trinajstić information content (AvgIpc) is 2.13. The van der Waals surface area contributed by atoms with Crippen molar-refractivity contribution in [2.45, 2.75) is 33.3 Å². The van der Waals surface area contributed by atoms with E-state index in [9.17, 15) is 13.9 Å². The molecule has 1 aromatic rings. The maximum Gasteiger partial charge on any atom is 0.165 e. The van der Waals surface area contributed by atoms with E-state index in [0.717, 1.165) is 0 Å². The van der Waals surface area contributed by atoms with Crippen molar-refractivity contribution in [1.82, 2.24) is 0 Å². The smallest absolute Gasteiger partial charge is 0.165 e. The zero-order valence-corrected chi connectivity index (χ0v) is 9.44. The highest BCUT2D eigenvalue weighted by atomic mass is 19.2. The molecule has 0 amide bonds. The highest BCUT2D eigenvalue weighted by Gasteiger charge is 2.31. The summed E-state index contributed by atoms with van der Waals surface area (Å²) >= 11 is 0. The fourth-order valence-corrected chi connectivity index (χ4v) is 1.35. The van der Waals surface area contributed by atoms with Crippen molar-refractivity contribution in [2.75, 3.05) is 0 Å². The first kappa shape index (κ1) is 12.1. The van der Waals surface area contributed by atoms with E-state index in [2.05, 4.69) is 0 Å². The van der Waals surface area contributed by atoms with Gasteiger partial charge in [-0.25, -0.2) is 8.78 Å². The van der Waals surface area contributed by atoms with E-state index in [0.29, 0.717) is 0 Å². The Hall–Kier alpha value is -0.960. The Morgan fingerprint density at radius 2 is 1.73 bits per heavy atom. The lowest BCUT2D eigenvalue weighted by Gasteiger charge is -2.28. The molecule has 0 radical (unpaired) electrons. The van der Waals surface area contributed by atoms with Crippen molar-refractivity contribution >= 4 is 0 Å². The van der Waals surface area contributed by atoms with E-state index in [1.807, 2.05) is 0 Å². The van der Waals surface area contributed by atoms with Crippen molar-refractivity contribution in [3.8, 4) is 0 Å². The summed E-state index contributed by atoms with van der Waals surface area (Å²) in [5.41, 5.74) is -1.09. The normalized spacial score (nSPS) is 15.5. The van der Waals surface area contributed by atoms with Gasteiger partial charge in [0.25, 0.3) is 0 Å². The first-order chi connectivity index (χ1) is 6.78. The minimum absolute atomic E-state index is 0.0144. The molecule has 1 nitrogen and oxygen atoms in total. The predicted molar refractivity (Wildman–Crippen MR) is 55.5 cm³/mol. The van der Waals surface area contributed by atoms with Gasteiger partial charge in [0.15, 0.2) is 11.6 Å². The van der Waals surface area contributed by atoms with Crippen molar-refractivity contribution < 1.29 is 13.9 Å². The molecule has 0 spiro atoms. The van der Waals surface area contributed by atoms with Crippen molar-refractivity contribution in [3.63, 3.8) is 0 Å². The summed E-state index contributed by atoms with van der Waals surface area (Å²) in [6.45, 7) is 6.51. The molecule has 15 heavy (non-hydrogen) atoms. The van der Waals surface area contributed by atoms with Crippen molar-refractivity contribution in [3.05, 3.63) is 34.9 Å². The summed E-state index contributed by atoms with van der Waals surface area (Å²) < 4.78 is 26.9. The molecule has 0 aliphatic carbocycles. The van der Waals surface area contributed by atoms with Crippen LogP contribution in [0.25, 0.3) is 0 Å². The molecule has 3 heteroatoms. The monoisotopic (exact) mass is 214 g/mol. The van der Waals surface area contributed by atoms with Crippen LogP contribution in [0.4, 0.5) is 8.78 Å². The maximum atomic E-state index is 13.6. The summed E-state index contributed by atoms with van der Waals surface area (Å²) in [4.78, 5) is 0. The van der Waals surface area contributed by atoms with Crippen LogP contribution in [0, 0.1) is 24.5 Å². The zero-order chi connectivity index (χ0) is 11.8. The van der Waals surface area contributed by atoms with Crippen molar-refractivity contribution in [1.29, 1.82) is 0 Å². The highest BCUT2D eigenvalue weighted by molar-refractivity contribution is 5.29. The molecule has 0 saturated carbocycles. The molecular weight excluding hydrogens is 198 g/mol. The van der Waals surface area contributed by atoms with Gasteiger partial charge in [-0.3, -0.25) is 0 Å². The van der Waals surface area contributed by atoms with Gasteiger partial charge in [-0.05, 0) is 25.3 Å². The molecule has 0 heterocycles. The molecule has 0 aliphatic rings. The lowest BCUT2D eigenvalue weighted by atomic mass is 9.84. The van der Waals surface area contributed by atoms with Crippen LogP contribution in [-0.2, 0) is 5.60 Å². The summed E-state index contributed by atoms with van der Waals surface area (Å²) in [7, 11) is 0. The molecule has 0 aromatic heterocycles. The zero-order valence-electron chi connectivity index (χ0n) is 9.44. The quantitative estimate of drug-likeness (QED) is 0.801. The Kier molecular flexibility index (Phi) is 3.14. The van der Waals surface area contributed by atoms with Gasteiger partial charge in [0.1, 0.15) is 0 Å². The second kappa shape index (κ2) is 3.89. The molecule has 0 saturated heterocycles. The molecule has 84 valence electrons. The molecule has 1 aromatic carbocycles. The predicted octanol–water partition coefficient (Wildman–Crippen LogP) is 3.14. The minimum Gasteiger partial charge on any atom is -0.385 e. The Morgan fingerprint density at radius 1 is 1.20 bits per heavy atom. The average molecular weight is 214 g/mol. The van der Waals surface area contributed by atoms with Gasteiger partial charge in [0.05, 0.1) is 5.60 Å². The largest absolute Gasteiger partial charge is 0.385 e. The third-order valence-corrected chi connectivity index (χ3v) is 2.94. The lowest BCUT2D eigenvalue weighted by Crippen LogP contribution is -2.29. The van der Waals surface area contributed by atoms with Gasteiger partial charge in [-0.2, -0.15) is 0 Å². The Labute approximate surface area is 88.7 Å². The van der Waals surface area contributed by atoms with Crippen LogP contribution >= 0.6 is 0 Å². The van der Waals surface area contributed by atoms with E-state index in [1.165, 1.54) is 26.0 Å². The molecule has 1 N–H and O–H groups in total. The fraction of sp³-hybridized carbons (Fsp3) is 0.500. The molecule has 1 unspecified atom stereocenters. The SMILES string of the molecule is Cc1ccc(C(C)(O)C(C)C)c(F)c1F. The van der Waals surface area contributed by atoms with Crippen LogP contribution in [-0.4, -0.2) is 5.11 Å². The number of benzene rings is 1. The topological polar surface area (TPSA) is 20.2 Å². The van der Waals surface area contributed by atoms with Crippen LogP contribution in [0.5, 0.6) is 0 Å². The Balaban J connectivity index is 3.34. The van der Waals surface area contributed by atoms with Gasteiger partial charge < -0.3 is 5.11 Å². The van der Waals surface area contributed by atoms with Gasteiger partial charge in [-0.1, -0.05) is 26.0 Å². The Morgan fingerprint density at radius 3 is 2.20 bits per heavy atom. The van der Waals surface area contributed by atoms with Crippen molar-refractivity contribution in [2.24, 2.45) is 5.92 Å². The number of halogens is 2. The van der Waals surface area contributed by atoms with E-state index >= 15 is 0 Å². The van der Waals surface area contributed by atoms with E-state index in [-0.39, 0.29) is 17.0 Å². The molecule has 1 rings (SSSR count). The second-order valence-electron chi connectivity index (χ2n) is 4.36. The minimum atomic E-state index is -1.35. The number of aryl methyl sites for hydroxylation is 1. The summed E-state index contributed by atoms with van der Waals surface area (Å²) in [6, 6.07) is 2.92. The van der Waals surface area contributed by atoms with E-state index in [1.54, 1.807) is 13.8 Å². The number of aliphatic hydroxyl groups is 1. The van der Waals surface area contributed by atoms with Gasteiger partial charge in [0.2, 0.25) is 0 Å². The van der Waals surface area contributed by atoms with Crippen LogP contribution in [0.15, 0.2) is 12.1 Å². The summed E-state index contributed by atoms with van der Waals surface area (Å²) in [5, 5.41) is 10.1. The fourth-order valence-electron chi connectivity index (χ4n) is 1.35. The van der Waals surface area contributed by atoms with E-state index < -0.39 is 17.2 Å².